The molecule has 0 bridgehead atoms. The number of para-hydroxylation sites is 1. The first-order chi connectivity index (χ1) is 10.8. The van der Waals surface area contributed by atoms with Crippen molar-refractivity contribution in [2.24, 2.45) is 5.16 Å². The number of aromatic nitrogens is 2. The molecule has 0 radical (unpaired) electrons. The minimum Gasteiger partial charge on any atom is -0.481 e. The number of rotatable bonds is 1. The Morgan fingerprint density at radius 1 is 1.27 bits per heavy atom. The summed E-state index contributed by atoms with van der Waals surface area (Å²) in [5, 5.41) is 8.86. The molecule has 6 heteroatoms. The van der Waals surface area contributed by atoms with Crippen LogP contribution in [-0.4, -0.2) is 33.8 Å². The Hall–Kier alpha value is -2.76. The highest BCUT2D eigenvalue weighted by Gasteiger charge is 2.59. The van der Waals surface area contributed by atoms with Crippen molar-refractivity contribution in [2.75, 3.05) is 6.61 Å². The van der Waals surface area contributed by atoms with E-state index in [-0.39, 0.29) is 6.10 Å². The molecule has 1 aromatic heterocycles. The molecule has 1 aromatic carbocycles. The molecule has 3 aliphatic rings. The van der Waals surface area contributed by atoms with E-state index in [4.69, 9.17) is 14.3 Å². The zero-order valence-corrected chi connectivity index (χ0v) is 11.9. The summed E-state index contributed by atoms with van der Waals surface area (Å²) in [5.41, 5.74) is 2.76. The molecule has 0 fully saturated rings. The Morgan fingerprint density at radius 2 is 2.14 bits per heavy atom. The van der Waals surface area contributed by atoms with Gasteiger partial charge in [0, 0.05) is 0 Å². The van der Waals surface area contributed by atoms with Crippen molar-refractivity contribution in [2.45, 2.75) is 18.6 Å². The molecule has 0 N–H and O–H groups in total. The van der Waals surface area contributed by atoms with Crippen molar-refractivity contribution in [3.05, 3.63) is 53.9 Å². The monoisotopic (exact) mass is 295 g/mol. The van der Waals surface area contributed by atoms with Crippen LogP contribution in [0.25, 0.3) is 5.69 Å². The third-order valence-corrected chi connectivity index (χ3v) is 4.33. The van der Waals surface area contributed by atoms with E-state index in [1.165, 1.54) is 0 Å². The van der Waals surface area contributed by atoms with Crippen LogP contribution in [-0.2, 0) is 9.57 Å². The van der Waals surface area contributed by atoms with Crippen LogP contribution in [0.15, 0.2) is 47.8 Å². The highest BCUT2D eigenvalue weighted by atomic mass is 16.7. The summed E-state index contributed by atoms with van der Waals surface area (Å²) < 4.78 is 13.6. The number of nitrogens with zero attached hydrogens (tertiary/aromatic N) is 3. The highest BCUT2D eigenvalue weighted by molar-refractivity contribution is 6.11. The fourth-order valence-corrected chi connectivity index (χ4v) is 3.23. The maximum atomic E-state index is 6.02. The molecule has 0 aliphatic carbocycles. The van der Waals surface area contributed by atoms with Crippen molar-refractivity contribution in [1.82, 2.24) is 9.78 Å². The molecule has 0 saturated heterocycles. The number of hydrogen-bond acceptors (Lipinski definition) is 5. The van der Waals surface area contributed by atoms with E-state index < -0.39 is 5.60 Å². The minimum absolute atomic E-state index is 0.227. The van der Waals surface area contributed by atoms with E-state index in [2.05, 4.69) is 10.3 Å². The van der Waals surface area contributed by atoms with Gasteiger partial charge in [-0.25, -0.2) is 4.68 Å². The average molecular weight is 295 g/mol. The van der Waals surface area contributed by atoms with Gasteiger partial charge in [0.15, 0.2) is 6.10 Å². The van der Waals surface area contributed by atoms with Gasteiger partial charge in [0.1, 0.15) is 12.3 Å². The third-order valence-electron chi connectivity index (χ3n) is 4.33. The molecule has 5 rings (SSSR count). The Bertz CT molecular complexity index is 825. The molecular formula is C16H13N3O3. The van der Waals surface area contributed by atoms with E-state index in [9.17, 15) is 0 Å². The summed E-state index contributed by atoms with van der Waals surface area (Å²) in [6.45, 7) is 2.30. The molecule has 2 atom stereocenters. The molecule has 22 heavy (non-hydrogen) atoms. The van der Waals surface area contributed by atoms with Crippen LogP contribution in [0.1, 0.15) is 11.3 Å². The maximum Gasteiger partial charge on any atom is 0.230 e. The summed E-state index contributed by atoms with van der Waals surface area (Å²) in [6, 6.07) is 9.89. The van der Waals surface area contributed by atoms with Crippen LogP contribution in [0, 0.1) is 6.92 Å². The smallest absolute Gasteiger partial charge is 0.230 e. The molecule has 0 amide bonds. The Morgan fingerprint density at radius 3 is 3.00 bits per heavy atom. The molecule has 3 aliphatic heterocycles. The first-order valence-electron chi connectivity index (χ1n) is 7.16. The van der Waals surface area contributed by atoms with E-state index in [1.807, 2.05) is 43.3 Å². The van der Waals surface area contributed by atoms with E-state index in [0.29, 0.717) is 12.5 Å². The van der Waals surface area contributed by atoms with Crippen molar-refractivity contribution >= 4 is 5.71 Å². The lowest BCUT2D eigenvalue weighted by Gasteiger charge is -2.31. The first kappa shape index (κ1) is 11.9. The maximum absolute atomic E-state index is 6.02. The SMILES string of the molecule is Cc1nn(-c2ccccc2)c2c1C1=NOC3C=COC13CO2. The molecule has 0 saturated carbocycles. The molecule has 110 valence electrons. The van der Waals surface area contributed by atoms with Gasteiger partial charge in [-0.05, 0) is 25.1 Å². The first-order valence-corrected chi connectivity index (χ1v) is 7.16. The van der Waals surface area contributed by atoms with Crippen molar-refractivity contribution in [3.63, 3.8) is 0 Å². The summed E-state index contributed by atoms with van der Waals surface area (Å²) in [4.78, 5) is 5.50. The van der Waals surface area contributed by atoms with Crippen LogP contribution in [0.3, 0.4) is 0 Å². The lowest BCUT2D eigenvalue weighted by molar-refractivity contribution is -0.0262. The van der Waals surface area contributed by atoms with Crippen LogP contribution in [0.4, 0.5) is 0 Å². The standard InChI is InChI=1S/C16H13N3O3/c1-10-13-14-16(12(22-18-14)7-8-21-16)9-20-15(13)19(17-10)11-5-3-2-4-6-11/h2-8,12H,9H2,1H3. The zero-order chi connectivity index (χ0) is 14.7. The molecule has 2 aromatic rings. The Balaban J connectivity index is 1.69. The summed E-state index contributed by atoms with van der Waals surface area (Å²) in [6.07, 6.45) is 3.29. The number of aryl methyl sites for hydroxylation is 1. The average Bonchev–Trinajstić information content (AvgIpc) is 3.18. The number of hydrogen-bond donors (Lipinski definition) is 0. The summed E-state index contributed by atoms with van der Waals surface area (Å²) in [5.74, 6) is 0.688. The van der Waals surface area contributed by atoms with Gasteiger partial charge in [0.25, 0.3) is 0 Å². The van der Waals surface area contributed by atoms with E-state index in [1.54, 1.807) is 10.9 Å². The second-order valence-electron chi connectivity index (χ2n) is 5.60. The van der Waals surface area contributed by atoms with Gasteiger partial charge >= 0.3 is 0 Å². The number of benzene rings is 1. The van der Waals surface area contributed by atoms with Gasteiger partial charge in [-0.15, -0.1) is 0 Å². The van der Waals surface area contributed by atoms with Crippen LogP contribution >= 0.6 is 0 Å². The van der Waals surface area contributed by atoms with Gasteiger partial charge in [-0.1, -0.05) is 23.4 Å². The minimum atomic E-state index is -0.664. The van der Waals surface area contributed by atoms with Crippen LogP contribution < -0.4 is 4.74 Å². The second kappa shape index (κ2) is 3.91. The summed E-state index contributed by atoms with van der Waals surface area (Å²) >= 11 is 0. The Labute approximate surface area is 126 Å². The van der Waals surface area contributed by atoms with Crippen LogP contribution in [0.2, 0.25) is 0 Å². The van der Waals surface area contributed by atoms with Gasteiger partial charge in [0.2, 0.25) is 11.5 Å². The number of oxime groups is 1. The lowest BCUT2D eigenvalue weighted by Crippen LogP contribution is -2.52. The largest absolute Gasteiger partial charge is 0.481 e. The van der Waals surface area contributed by atoms with Gasteiger partial charge in [0.05, 0.1) is 23.2 Å². The van der Waals surface area contributed by atoms with Crippen molar-refractivity contribution < 1.29 is 14.3 Å². The number of ether oxygens (including phenoxy) is 2. The number of fused-ring (bicyclic) bond motifs is 2. The molecule has 1 spiro atoms. The van der Waals surface area contributed by atoms with Crippen molar-refractivity contribution in [3.8, 4) is 11.6 Å². The van der Waals surface area contributed by atoms with Gasteiger partial charge < -0.3 is 14.3 Å². The van der Waals surface area contributed by atoms with Gasteiger partial charge in [-0.3, -0.25) is 0 Å². The predicted molar refractivity (Wildman–Crippen MR) is 78.2 cm³/mol. The second-order valence-corrected chi connectivity index (χ2v) is 5.60. The molecule has 6 nitrogen and oxygen atoms in total. The molecule has 2 unspecified atom stereocenters. The summed E-state index contributed by atoms with van der Waals surface area (Å²) in [7, 11) is 0. The van der Waals surface area contributed by atoms with Crippen molar-refractivity contribution in [1.29, 1.82) is 0 Å². The molecule has 4 heterocycles. The van der Waals surface area contributed by atoms with E-state index >= 15 is 0 Å². The molecular weight excluding hydrogens is 282 g/mol. The van der Waals surface area contributed by atoms with E-state index in [0.717, 1.165) is 22.7 Å². The zero-order valence-electron chi connectivity index (χ0n) is 11.9. The fourth-order valence-electron chi connectivity index (χ4n) is 3.23. The quantitative estimate of drug-likeness (QED) is 0.807. The third kappa shape index (κ3) is 1.30. The Kier molecular flexibility index (Phi) is 2.11. The normalized spacial score (nSPS) is 27.1. The van der Waals surface area contributed by atoms with Gasteiger partial charge in [-0.2, -0.15) is 5.10 Å². The predicted octanol–water partition coefficient (Wildman–Crippen LogP) is 1.96. The topological polar surface area (TPSA) is 57.9 Å². The van der Waals surface area contributed by atoms with Crippen LogP contribution in [0.5, 0.6) is 5.88 Å². The highest BCUT2D eigenvalue weighted by Crippen LogP contribution is 2.43. The fraction of sp³-hybridized carbons (Fsp3) is 0.250. The lowest BCUT2D eigenvalue weighted by atomic mass is 9.87.